The van der Waals surface area contributed by atoms with Gasteiger partial charge in [0.25, 0.3) is 0 Å². The van der Waals surface area contributed by atoms with E-state index in [9.17, 15) is 0 Å². The Morgan fingerprint density at radius 2 is 1.62 bits per heavy atom. The highest BCUT2D eigenvalue weighted by molar-refractivity contribution is 4.79. The van der Waals surface area contributed by atoms with Gasteiger partial charge >= 0.3 is 0 Å². The summed E-state index contributed by atoms with van der Waals surface area (Å²) in [7, 11) is 0. The summed E-state index contributed by atoms with van der Waals surface area (Å²) in [5.41, 5.74) is 0. The van der Waals surface area contributed by atoms with Crippen LogP contribution >= 0.6 is 0 Å². The van der Waals surface area contributed by atoms with Gasteiger partial charge in [-0.25, -0.2) is 0 Å². The molecule has 0 aliphatic carbocycles. The van der Waals surface area contributed by atoms with Crippen LogP contribution in [0.1, 0.15) is 47.5 Å². The van der Waals surface area contributed by atoms with E-state index in [-0.39, 0.29) is 0 Å². The topological polar surface area (TPSA) is 3.24 Å². The predicted octanol–water partition coefficient (Wildman–Crippen LogP) is 3.15. The molecule has 1 unspecified atom stereocenters. The molecule has 1 fully saturated rings. The fraction of sp³-hybridized carbons (Fsp3) is 1.00. The highest BCUT2D eigenvalue weighted by Crippen LogP contribution is 2.26. The Bertz CT molecular complexity index is 153. The quantitative estimate of drug-likeness (QED) is 0.603. The van der Waals surface area contributed by atoms with Gasteiger partial charge in [0.2, 0.25) is 0 Å². The molecule has 1 heterocycles. The van der Waals surface area contributed by atoms with Crippen LogP contribution in [0, 0.1) is 11.8 Å². The zero-order valence-electron chi connectivity index (χ0n) is 9.88. The second-order valence-corrected chi connectivity index (χ2v) is 5.32. The van der Waals surface area contributed by atoms with E-state index in [1.807, 2.05) is 0 Å². The third kappa shape index (κ3) is 2.98. The average Bonchev–Trinajstić information content (AvgIpc) is 2.09. The molecule has 0 aromatic heterocycles. The molecule has 1 aliphatic rings. The first-order valence-corrected chi connectivity index (χ1v) is 5.76. The lowest BCUT2D eigenvalue weighted by molar-refractivity contribution is 0.150. The average molecular weight is 183 g/mol. The number of likely N-dealkylation sites (tertiary alicyclic amines) is 1. The minimum Gasteiger partial charge on any atom is -0.298 e. The zero-order chi connectivity index (χ0) is 10.0. The molecule has 1 rings (SSSR count). The standard InChI is InChI=1S/C12H25N/c1-9(2)13-8-11(4)6-10(3)7-12(13)5/h9-12H,6-8H2,1-5H3/t10?,11-,12+/m0/s1. The highest BCUT2D eigenvalue weighted by atomic mass is 15.2. The van der Waals surface area contributed by atoms with E-state index in [0.717, 1.165) is 17.9 Å². The van der Waals surface area contributed by atoms with Gasteiger partial charge in [0.05, 0.1) is 0 Å². The number of rotatable bonds is 1. The Hall–Kier alpha value is -0.0400. The molecule has 0 aromatic carbocycles. The molecule has 0 radical (unpaired) electrons. The first-order valence-electron chi connectivity index (χ1n) is 5.76. The van der Waals surface area contributed by atoms with Crippen molar-refractivity contribution in [3.05, 3.63) is 0 Å². The summed E-state index contributed by atoms with van der Waals surface area (Å²) in [5, 5.41) is 0. The highest BCUT2D eigenvalue weighted by Gasteiger charge is 2.25. The summed E-state index contributed by atoms with van der Waals surface area (Å²) in [5.74, 6) is 1.79. The van der Waals surface area contributed by atoms with Crippen LogP contribution in [0.2, 0.25) is 0 Å². The van der Waals surface area contributed by atoms with Crippen molar-refractivity contribution in [2.75, 3.05) is 6.54 Å². The minimum atomic E-state index is 0.711. The number of nitrogens with zero attached hydrogens (tertiary/aromatic N) is 1. The van der Waals surface area contributed by atoms with E-state index in [1.165, 1.54) is 19.4 Å². The van der Waals surface area contributed by atoms with Crippen molar-refractivity contribution in [1.82, 2.24) is 4.90 Å². The van der Waals surface area contributed by atoms with Crippen LogP contribution in [0.25, 0.3) is 0 Å². The fourth-order valence-corrected chi connectivity index (χ4v) is 2.83. The van der Waals surface area contributed by atoms with Gasteiger partial charge in [-0.3, -0.25) is 4.90 Å². The van der Waals surface area contributed by atoms with Crippen molar-refractivity contribution < 1.29 is 0 Å². The molecule has 0 spiro atoms. The van der Waals surface area contributed by atoms with Crippen LogP contribution < -0.4 is 0 Å². The first-order chi connectivity index (χ1) is 6.00. The van der Waals surface area contributed by atoms with Crippen molar-refractivity contribution in [2.45, 2.75) is 59.5 Å². The molecule has 3 atom stereocenters. The predicted molar refractivity (Wildman–Crippen MR) is 58.9 cm³/mol. The summed E-state index contributed by atoms with van der Waals surface area (Å²) >= 11 is 0. The summed E-state index contributed by atoms with van der Waals surface area (Å²) in [6, 6.07) is 1.49. The van der Waals surface area contributed by atoms with Gasteiger partial charge in [0, 0.05) is 18.6 Å². The smallest absolute Gasteiger partial charge is 0.00722 e. The van der Waals surface area contributed by atoms with Crippen molar-refractivity contribution in [3.63, 3.8) is 0 Å². The molecule has 0 N–H and O–H groups in total. The largest absolute Gasteiger partial charge is 0.298 e. The van der Waals surface area contributed by atoms with E-state index in [0.29, 0.717) is 6.04 Å². The number of hydrogen-bond acceptors (Lipinski definition) is 1. The van der Waals surface area contributed by atoms with Crippen molar-refractivity contribution >= 4 is 0 Å². The lowest BCUT2D eigenvalue weighted by Crippen LogP contribution is -2.39. The zero-order valence-corrected chi connectivity index (χ0v) is 9.88. The van der Waals surface area contributed by atoms with E-state index < -0.39 is 0 Å². The van der Waals surface area contributed by atoms with Gasteiger partial charge in [-0.1, -0.05) is 13.8 Å². The lowest BCUT2D eigenvalue weighted by Gasteiger charge is -2.32. The van der Waals surface area contributed by atoms with Crippen LogP contribution in [0.3, 0.4) is 0 Å². The Kier molecular flexibility index (Phi) is 3.78. The maximum Gasteiger partial charge on any atom is 0.00722 e. The molecular formula is C12H25N. The van der Waals surface area contributed by atoms with Crippen molar-refractivity contribution in [2.24, 2.45) is 11.8 Å². The van der Waals surface area contributed by atoms with E-state index >= 15 is 0 Å². The number of hydrogen-bond donors (Lipinski definition) is 0. The molecule has 0 bridgehead atoms. The second-order valence-electron chi connectivity index (χ2n) is 5.32. The fourth-order valence-electron chi connectivity index (χ4n) is 2.83. The molecule has 78 valence electrons. The molecule has 1 nitrogen and oxygen atoms in total. The van der Waals surface area contributed by atoms with Gasteiger partial charge in [-0.05, 0) is 45.4 Å². The van der Waals surface area contributed by atoms with Crippen LogP contribution in [-0.4, -0.2) is 23.5 Å². The molecular weight excluding hydrogens is 158 g/mol. The molecule has 1 aliphatic heterocycles. The summed E-state index contributed by atoms with van der Waals surface area (Å²) in [6.07, 6.45) is 2.79. The Labute approximate surface area is 83.5 Å². The second kappa shape index (κ2) is 4.45. The Morgan fingerprint density at radius 1 is 1.00 bits per heavy atom. The Balaban J connectivity index is 2.62. The molecule has 0 saturated carbocycles. The third-order valence-corrected chi connectivity index (χ3v) is 3.30. The first kappa shape index (κ1) is 11.0. The summed E-state index contributed by atoms with van der Waals surface area (Å²) in [6.45, 7) is 13.1. The molecule has 1 heteroatoms. The monoisotopic (exact) mass is 183 g/mol. The summed E-state index contributed by atoms with van der Waals surface area (Å²) in [4.78, 5) is 2.66. The molecule has 13 heavy (non-hydrogen) atoms. The lowest BCUT2D eigenvalue weighted by atomic mass is 9.95. The Morgan fingerprint density at radius 3 is 2.15 bits per heavy atom. The van der Waals surface area contributed by atoms with E-state index in [2.05, 4.69) is 39.5 Å². The van der Waals surface area contributed by atoms with Gasteiger partial charge in [-0.2, -0.15) is 0 Å². The minimum absolute atomic E-state index is 0.711. The van der Waals surface area contributed by atoms with Gasteiger partial charge in [-0.15, -0.1) is 0 Å². The van der Waals surface area contributed by atoms with Gasteiger partial charge in [0.15, 0.2) is 0 Å². The van der Waals surface area contributed by atoms with Crippen LogP contribution in [0.5, 0.6) is 0 Å². The van der Waals surface area contributed by atoms with Crippen LogP contribution in [0.4, 0.5) is 0 Å². The van der Waals surface area contributed by atoms with Crippen LogP contribution in [-0.2, 0) is 0 Å². The van der Waals surface area contributed by atoms with Gasteiger partial charge in [0.1, 0.15) is 0 Å². The normalized spacial score (nSPS) is 37.8. The van der Waals surface area contributed by atoms with E-state index in [1.54, 1.807) is 0 Å². The van der Waals surface area contributed by atoms with Crippen molar-refractivity contribution in [3.8, 4) is 0 Å². The summed E-state index contributed by atoms with van der Waals surface area (Å²) < 4.78 is 0. The van der Waals surface area contributed by atoms with Crippen molar-refractivity contribution in [1.29, 1.82) is 0 Å². The molecule has 1 saturated heterocycles. The third-order valence-electron chi connectivity index (χ3n) is 3.30. The molecule has 0 amide bonds. The maximum absolute atomic E-state index is 2.66. The van der Waals surface area contributed by atoms with Crippen LogP contribution in [0.15, 0.2) is 0 Å². The van der Waals surface area contributed by atoms with Gasteiger partial charge < -0.3 is 0 Å². The SMILES string of the molecule is CC1C[C@H](C)CN(C(C)C)[C@H](C)C1. The maximum atomic E-state index is 2.66. The molecule has 0 aromatic rings. The van der Waals surface area contributed by atoms with E-state index in [4.69, 9.17) is 0 Å².